The second-order valence-electron chi connectivity index (χ2n) is 7.22. The normalized spacial score (nSPS) is 11.2. The molecule has 0 radical (unpaired) electrons. The first kappa shape index (κ1) is 23.4. The van der Waals surface area contributed by atoms with Gasteiger partial charge in [0.05, 0.1) is 19.8 Å². The van der Waals surface area contributed by atoms with Crippen molar-refractivity contribution in [2.45, 2.75) is 12.5 Å². The lowest BCUT2D eigenvalue weighted by atomic mass is 9.99. The summed E-state index contributed by atoms with van der Waals surface area (Å²) in [6, 6.07) is 20.8. The molecule has 0 heterocycles. The number of carbonyl (C=O) groups is 4. The summed E-state index contributed by atoms with van der Waals surface area (Å²) in [6.45, 7) is 0. The van der Waals surface area contributed by atoms with Gasteiger partial charge in [-0.3, -0.25) is 9.59 Å². The average Bonchev–Trinajstić information content (AvgIpc) is 2.87. The molecule has 1 N–H and O–H groups in total. The highest BCUT2D eigenvalue weighted by Gasteiger charge is 2.23. The van der Waals surface area contributed by atoms with Crippen LogP contribution >= 0.6 is 0 Å². The second kappa shape index (κ2) is 10.9. The Morgan fingerprint density at radius 3 is 1.97 bits per heavy atom. The van der Waals surface area contributed by atoms with Crippen molar-refractivity contribution in [2.24, 2.45) is 0 Å². The highest BCUT2D eigenvalue weighted by Crippen LogP contribution is 2.14. The third kappa shape index (κ3) is 5.92. The topological polar surface area (TPSA) is 98.8 Å². The Morgan fingerprint density at radius 2 is 1.33 bits per heavy atom. The van der Waals surface area contributed by atoms with Crippen molar-refractivity contribution in [1.29, 1.82) is 0 Å². The van der Waals surface area contributed by atoms with Gasteiger partial charge in [0.25, 0.3) is 5.91 Å². The van der Waals surface area contributed by atoms with E-state index in [-0.39, 0.29) is 23.3 Å². The van der Waals surface area contributed by atoms with E-state index in [2.05, 4.69) is 10.1 Å². The fourth-order valence-electron chi connectivity index (χ4n) is 3.27. The van der Waals surface area contributed by atoms with Gasteiger partial charge in [-0.25, -0.2) is 9.59 Å². The van der Waals surface area contributed by atoms with E-state index in [1.54, 1.807) is 54.6 Å². The van der Waals surface area contributed by atoms with Gasteiger partial charge in [0, 0.05) is 23.1 Å². The molecule has 0 saturated heterocycles. The lowest BCUT2D eigenvalue weighted by Crippen LogP contribution is -2.43. The predicted octanol–water partition coefficient (Wildman–Crippen LogP) is 3.22. The molecule has 0 unspecified atom stereocenters. The smallest absolute Gasteiger partial charge is 0.337 e. The molecule has 3 aromatic rings. The largest absolute Gasteiger partial charge is 0.467 e. The van der Waals surface area contributed by atoms with Crippen molar-refractivity contribution < 1.29 is 28.7 Å². The summed E-state index contributed by atoms with van der Waals surface area (Å²) in [5.74, 6) is -1.83. The lowest BCUT2D eigenvalue weighted by Gasteiger charge is -2.17. The average molecular weight is 445 g/mol. The quantitative estimate of drug-likeness (QED) is 0.422. The molecule has 0 aliphatic rings. The molecule has 1 amide bonds. The number of hydrogen-bond acceptors (Lipinski definition) is 6. The number of rotatable bonds is 8. The number of carbonyl (C=O) groups excluding carboxylic acids is 4. The maximum Gasteiger partial charge on any atom is 0.337 e. The van der Waals surface area contributed by atoms with Gasteiger partial charge in [-0.2, -0.15) is 0 Å². The van der Waals surface area contributed by atoms with Crippen molar-refractivity contribution in [3.8, 4) is 0 Å². The van der Waals surface area contributed by atoms with E-state index < -0.39 is 23.9 Å². The van der Waals surface area contributed by atoms with Gasteiger partial charge < -0.3 is 14.8 Å². The van der Waals surface area contributed by atoms with Crippen LogP contribution in [-0.4, -0.2) is 43.9 Å². The summed E-state index contributed by atoms with van der Waals surface area (Å²) in [5, 5.41) is 2.65. The Morgan fingerprint density at radius 1 is 0.727 bits per heavy atom. The first-order chi connectivity index (χ1) is 15.9. The Kier molecular flexibility index (Phi) is 7.70. The van der Waals surface area contributed by atoms with E-state index in [9.17, 15) is 19.2 Å². The van der Waals surface area contributed by atoms with Gasteiger partial charge in [-0.15, -0.1) is 0 Å². The summed E-state index contributed by atoms with van der Waals surface area (Å²) in [7, 11) is 2.49. The fraction of sp³-hybridized carbons (Fsp3) is 0.154. The van der Waals surface area contributed by atoms with E-state index in [0.717, 1.165) is 5.56 Å². The number of amides is 1. The van der Waals surface area contributed by atoms with E-state index in [0.29, 0.717) is 11.1 Å². The van der Waals surface area contributed by atoms with Crippen LogP contribution in [0.1, 0.15) is 42.2 Å². The van der Waals surface area contributed by atoms with Crippen LogP contribution in [-0.2, 0) is 20.7 Å². The van der Waals surface area contributed by atoms with Crippen LogP contribution < -0.4 is 5.32 Å². The minimum absolute atomic E-state index is 0.106. The van der Waals surface area contributed by atoms with Crippen molar-refractivity contribution >= 4 is 23.6 Å². The van der Waals surface area contributed by atoms with Crippen molar-refractivity contribution in [1.82, 2.24) is 5.32 Å². The summed E-state index contributed by atoms with van der Waals surface area (Å²) >= 11 is 0. The molecule has 3 aromatic carbocycles. The molecule has 0 aliphatic carbocycles. The van der Waals surface area contributed by atoms with Crippen LogP contribution in [0.25, 0.3) is 0 Å². The molecule has 0 spiro atoms. The van der Waals surface area contributed by atoms with Crippen LogP contribution in [0.2, 0.25) is 0 Å². The summed E-state index contributed by atoms with van der Waals surface area (Å²) < 4.78 is 9.51. The molecule has 7 nitrogen and oxygen atoms in total. The van der Waals surface area contributed by atoms with Crippen LogP contribution in [0.4, 0.5) is 0 Å². The number of esters is 2. The molecule has 0 saturated carbocycles. The Balaban J connectivity index is 1.73. The first-order valence-electron chi connectivity index (χ1n) is 10.2. The van der Waals surface area contributed by atoms with Crippen molar-refractivity contribution in [3.63, 3.8) is 0 Å². The molecule has 0 fully saturated rings. The fourth-order valence-corrected chi connectivity index (χ4v) is 3.27. The molecule has 0 aliphatic heterocycles. The second-order valence-corrected chi connectivity index (χ2v) is 7.22. The Hall–Kier alpha value is -4.26. The molecule has 0 aromatic heterocycles. The lowest BCUT2D eigenvalue weighted by molar-refractivity contribution is -0.142. The minimum atomic E-state index is -0.958. The van der Waals surface area contributed by atoms with E-state index in [4.69, 9.17) is 4.74 Å². The van der Waals surface area contributed by atoms with Crippen molar-refractivity contribution in [3.05, 3.63) is 107 Å². The van der Waals surface area contributed by atoms with Crippen molar-refractivity contribution in [2.75, 3.05) is 14.2 Å². The number of benzene rings is 3. The third-order valence-corrected chi connectivity index (χ3v) is 5.03. The highest BCUT2D eigenvalue weighted by atomic mass is 16.5. The molecule has 0 bridgehead atoms. The Bertz CT molecular complexity index is 1150. The van der Waals surface area contributed by atoms with E-state index in [1.165, 1.54) is 32.4 Å². The molecule has 168 valence electrons. The maximum atomic E-state index is 12.7. The molecule has 7 heteroatoms. The first-order valence-corrected chi connectivity index (χ1v) is 10.2. The molecule has 1 atom stereocenters. The zero-order valence-corrected chi connectivity index (χ0v) is 18.2. The van der Waals surface area contributed by atoms with Crippen LogP contribution in [0.5, 0.6) is 0 Å². The van der Waals surface area contributed by atoms with Crippen LogP contribution in [0.3, 0.4) is 0 Å². The minimum Gasteiger partial charge on any atom is -0.467 e. The molecule has 3 rings (SSSR count). The van der Waals surface area contributed by atoms with Gasteiger partial charge >= 0.3 is 11.9 Å². The zero-order valence-electron chi connectivity index (χ0n) is 18.2. The number of hydrogen-bond donors (Lipinski definition) is 1. The van der Waals surface area contributed by atoms with Crippen LogP contribution in [0.15, 0.2) is 78.9 Å². The van der Waals surface area contributed by atoms with E-state index >= 15 is 0 Å². The molecular formula is C26H23NO6. The number of nitrogens with one attached hydrogen (secondary N) is 1. The van der Waals surface area contributed by atoms with Gasteiger partial charge in [0.1, 0.15) is 6.04 Å². The number of ether oxygens (including phenoxy) is 2. The van der Waals surface area contributed by atoms with E-state index in [1.807, 2.05) is 6.07 Å². The Labute approximate surface area is 191 Å². The highest BCUT2D eigenvalue weighted by molar-refractivity contribution is 6.09. The van der Waals surface area contributed by atoms with Crippen LogP contribution in [0, 0.1) is 0 Å². The summed E-state index contributed by atoms with van der Waals surface area (Å²) in [6.07, 6.45) is 0.162. The van der Waals surface area contributed by atoms with Gasteiger partial charge in [-0.05, 0) is 23.8 Å². The number of methoxy groups -OCH3 is 2. The van der Waals surface area contributed by atoms with Gasteiger partial charge in [-0.1, -0.05) is 60.7 Å². The SMILES string of the molecule is COC(=O)c1cccc(C(=O)N[C@@H](Cc2ccc(C(=O)c3ccccc3)cc2)C(=O)OC)c1. The zero-order chi connectivity index (χ0) is 23.8. The molecular weight excluding hydrogens is 422 g/mol. The van der Waals surface area contributed by atoms with Gasteiger partial charge in [0.2, 0.25) is 0 Å². The maximum absolute atomic E-state index is 12.7. The molecule has 33 heavy (non-hydrogen) atoms. The standard InChI is InChI=1S/C26H23NO6/c1-32-25(30)21-10-6-9-20(16-21)24(29)27-22(26(31)33-2)15-17-11-13-19(14-12-17)23(28)18-7-4-3-5-8-18/h3-14,16,22H,15H2,1-2H3,(H,27,29)/t22-/m0/s1. The van der Waals surface area contributed by atoms with Gasteiger partial charge in [0.15, 0.2) is 5.78 Å². The monoisotopic (exact) mass is 445 g/mol. The summed E-state index contributed by atoms with van der Waals surface area (Å²) in [5.41, 5.74) is 2.26. The predicted molar refractivity (Wildman–Crippen MR) is 121 cm³/mol. The summed E-state index contributed by atoms with van der Waals surface area (Å²) in [4.78, 5) is 49.3. The third-order valence-electron chi connectivity index (χ3n) is 5.03. The number of ketones is 1.